The maximum absolute atomic E-state index is 12.6. The Kier molecular flexibility index (Phi) is 6.89. The summed E-state index contributed by atoms with van der Waals surface area (Å²) in [6.07, 6.45) is 1.80. The van der Waals surface area contributed by atoms with Gasteiger partial charge in [-0.2, -0.15) is 0 Å². The lowest BCUT2D eigenvalue weighted by molar-refractivity contribution is 0.0962. The number of carbonyl (C=O) groups is 1. The van der Waals surface area contributed by atoms with Crippen LogP contribution in [-0.2, 0) is 11.2 Å². The minimum absolute atomic E-state index is 0.173. The summed E-state index contributed by atoms with van der Waals surface area (Å²) in [5, 5.41) is 2.77. The van der Waals surface area contributed by atoms with Gasteiger partial charge in [0.25, 0.3) is 11.9 Å². The third kappa shape index (κ3) is 5.74. The van der Waals surface area contributed by atoms with E-state index in [1.807, 2.05) is 32.0 Å². The molecule has 0 aromatic heterocycles. The maximum Gasteiger partial charge on any atom is 0.291 e. The highest BCUT2D eigenvalue weighted by Crippen LogP contribution is 2.32. The Morgan fingerprint density at radius 1 is 1.14 bits per heavy atom. The second-order valence-electron chi connectivity index (χ2n) is 7.00. The molecule has 3 rings (SSSR count). The Hall–Kier alpha value is -3.02. The van der Waals surface area contributed by atoms with Crippen molar-refractivity contribution in [3.05, 3.63) is 59.7 Å². The number of rotatable bonds is 7. The van der Waals surface area contributed by atoms with Crippen LogP contribution >= 0.6 is 0 Å². The quantitative estimate of drug-likeness (QED) is 0.449. The molecule has 28 heavy (non-hydrogen) atoms. The van der Waals surface area contributed by atoms with Gasteiger partial charge in [0.05, 0.1) is 6.61 Å². The third-order valence-corrected chi connectivity index (χ3v) is 4.13. The molecule has 0 bridgehead atoms. The first-order valence-electron chi connectivity index (χ1n) is 9.54. The summed E-state index contributed by atoms with van der Waals surface area (Å²) in [5.74, 6) is 1.25. The molecule has 2 aromatic carbocycles. The number of nitrogens with one attached hydrogen (secondary N) is 1. The monoisotopic (exact) mass is 382 g/mol. The summed E-state index contributed by atoms with van der Waals surface area (Å²) >= 11 is 0. The molecule has 1 heterocycles. The van der Waals surface area contributed by atoms with Gasteiger partial charge in [-0.1, -0.05) is 44.2 Å². The fourth-order valence-corrected chi connectivity index (χ4v) is 2.68. The van der Waals surface area contributed by atoms with Gasteiger partial charge >= 0.3 is 0 Å². The molecule has 0 spiro atoms. The molecule has 0 saturated carbocycles. The molecule has 0 radical (unpaired) electrons. The average Bonchev–Trinajstić information content (AvgIpc) is 3.17. The smallest absolute Gasteiger partial charge is 0.291 e. The number of aliphatic imine (C=N–C) groups is 1. The lowest BCUT2D eigenvalue weighted by atomic mass is 10.1. The highest BCUT2D eigenvalue weighted by Gasteiger charge is 2.17. The van der Waals surface area contributed by atoms with Crippen LogP contribution in [0.5, 0.6) is 11.5 Å². The molecule has 0 unspecified atom stereocenters. The van der Waals surface area contributed by atoms with Gasteiger partial charge in [0.15, 0.2) is 11.5 Å². The van der Waals surface area contributed by atoms with Crippen molar-refractivity contribution >= 4 is 11.9 Å². The first-order chi connectivity index (χ1) is 13.6. The molecule has 6 heteroatoms. The maximum atomic E-state index is 12.6. The van der Waals surface area contributed by atoms with E-state index < -0.39 is 0 Å². The van der Waals surface area contributed by atoms with E-state index in [1.54, 1.807) is 18.2 Å². The van der Waals surface area contributed by atoms with Crippen molar-refractivity contribution in [1.82, 2.24) is 5.32 Å². The molecule has 0 saturated heterocycles. The van der Waals surface area contributed by atoms with Crippen molar-refractivity contribution in [3.63, 3.8) is 0 Å². The number of amides is 1. The van der Waals surface area contributed by atoms with Crippen molar-refractivity contribution in [2.75, 3.05) is 19.9 Å². The number of amidine groups is 1. The molecule has 1 amide bonds. The van der Waals surface area contributed by atoms with Crippen LogP contribution in [0.15, 0.2) is 53.5 Å². The number of carbonyl (C=O) groups excluding carboxylic acids is 1. The zero-order chi connectivity index (χ0) is 19.8. The first-order valence-corrected chi connectivity index (χ1v) is 9.54. The molecule has 0 atom stereocenters. The molecule has 0 fully saturated rings. The minimum Gasteiger partial charge on any atom is -0.465 e. The number of aryl methyl sites for hydroxylation is 1. The number of nitrogens with zero attached hydrogens (tertiary/aromatic N) is 1. The molecular formula is C22H26N2O4. The van der Waals surface area contributed by atoms with Gasteiger partial charge in [-0.25, -0.2) is 4.99 Å². The standard InChI is InChI=1S/C22H26N2O4/c1-16(2)14-26-22(23-12-6-9-17-7-4-3-5-8-17)24-21(25)18-10-11-19-20(13-18)28-15-27-19/h3-5,7-8,10-11,13,16H,6,9,12,14-15H2,1-2H3,(H,23,24,25). The Morgan fingerprint density at radius 2 is 1.93 bits per heavy atom. The molecule has 6 nitrogen and oxygen atoms in total. The van der Waals surface area contributed by atoms with Crippen LogP contribution < -0.4 is 14.8 Å². The van der Waals surface area contributed by atoms with Crippen LogP contribution in [0.4, 0.5) is 0 Å². The van der Waals surface area contributed by atoms with Crippen LogP contribution in [-0.4, -0.2) is 31.9 Å². The molecule has 148 valence electrons. The van der Waals surface area contributed by atoms with Crippen LogP contribution in [0.3, 0.4) is 0 Å². The Bertz CT molecular complexity index is 819. The van der Waals surface area contributed by atoms with Gasteiger partial charge in [-0.15, -0.1) is 0 Å². The van der Waals surface area contributed by atoms with Gasteiger partial charge in [-0.3, -0.25) is 10.1 Å². The Labute approximate surface area is 165 Å². The van der Waals surface area contributed by atoms with Crippen LogP contribution in [0, 0.1) is 5.92 Å². The van der Waals surface area contributed by atoms with Gasteiger partial charge in [0.1, 0.15) is 0 Å². The van der Waals surface area contributed by atoms with E-state index in [4.69, 9.17) is 14.2 Å². The fraction of sp³-hybridized carbons (Fsp3) is 0.364. The van der Waals surface area contributed by atoms with Crippen LogP contribution in [0.2, 0.25) is 0 Å². The van der Waals surface area contributed by atoms with Crippen LogP contribution in [0.25, 0.3) is 0 Å². The highest BCUT2D eigenvalue weighted by atomic mass is 16.7. The van der Waals surface area contributed by atoms with Gasteiger partial charge in [0, 0.05) is 12.1 Å². The number of ether oxygens (including phenoxy) is 3. The second-order valence-corrected chi connectivity index (χ2v) is 7.00. The van der Waals surface area contributed by atoms with Gasteiger partial charge < -0.3 is 14.2 Å². The summed E-state index contributed by atoms with van der Waals surface area (Å²) in [7, 11) is 0. The topological polar surface area (TPSA) is 69.2 Å². The van der Waals surface area contributed by atoms with E-state index in [-0.39, 0.29) is 18.7 Å². The second kappa shape index (κ2) is 9.78. The van der Waals surface area contributed by atoms with E-state index in [2.05, 4.69) is 22.4 Å². The lowest BCUT2D eigenvalue weighted by Gasteiger charge is -2.13. The SMILES string of the molecule is CC(C)COC(=NCCCc1ccccc1)NC(=O)c1ccc2c(c1)OCO2. The van der Waals surface area contributed by atoms with E-state index in [0.29, 0.717) is 36.1 Å². The summed E-state index contributed by atoms with van der Waals surface area (Å²) < 4.78 is 16.3. The number of hydrogen-bond donors (Lipinski definition) is 1. The average molecular weight is 382 g/mol. The summed E-state index contributed by atoms with van der Waals surface area (Å²) in [4.78, 5) is 17.0. The molecule has 2 aromatic rings. The molecular weight excluding hydrogens is 356 g/mol. The van der Waals surface area contributed by atoms with Crippen molar-refractivity contribution in [3.8, 4) is 11.5 Å². The van der Waals surface area contributed by atoms with Gasteiger partial charge in [0.2, 0.25) is 6.79 Å². The van der Waals surface area contributed by atoms with E-state index >= 15 is 0 Å². The van der Waals surface area contributed by atoms with Crippen molar-refractivity contribution < 1.29 is 19.0 Å². The third-order valence-electron chi connectivity index (χ3n) is 4.13. The van der Waals surface area contributed by atoms with Crippen LogP contribution in [0.1, 0.15) is 36.2 Å². The summed E-state index contributed by atoms with van der Waals surface area (Å²) in [6.45, 7) is 5.33. The van der Waals surface area contributed by atoms with Gasteiger partial charge in [-0.05, 0) is 42.5 Å². The largest absolute Gasteiger partial charge is 0.465 e. The predicted molar refractivity (Wildman–Crippen MR) is 108 cm³/mol. The van der Waals surface area contributed by atoms with Crippen molar-refractivity contribution in [1.29, 1.82) is 0 Å². The zero-order valence-electron chi connectivity index (χ0n) is 16.3. The van der Waals surface area contributed by atoms with Crippen molar-refractivity contribution in [2.24, 2.45) is 10.9 Å². The lowest BCUT2D eigenvalue weighted by Crippen LogP contribution is -2.33. The van der Waals surface area contributed by atoms with E-state index in [1.165, 1.54) is 5.56 Å². The molecule has 1 aliphatic rings. The van der Waals surface area contributed by atoms with E-state index in [9.17, 15) is 4.79 Å². The fourth-order valence-electron chi connectivity index (χ4n) is 2.68. The summed E-state index contributed by atoms with van der Waals surface area (Å²) in [5.41, 5.74) is 1.74. The molecule has 0 aliphatic carbocycles. The minimum atomic E-state index is -0.288. The number of fused-ring (bicyclic) bond motifs is 1. The zero-order valence-corrected chi connectivity index (χ0v) is 16.3. The predicted octanol–water partition coefficient (Wildman–Crippen LogP) is 3.81. The number of hydrogen-bond acceptors (Lipinski definition) is 5. The molecule has 1 aliphatic heterocycles. The molecule has 1 N–H and O–H groups in total. The Balaban J connectivity index is 1.59. The number of benzene rings is 2. The van der Waals surface area contributed by atoms with E-state index in [0.717, 1.165) is 12.8 Å². The normalized spacial score (nSPS) is 12.9. The Morgan fingerprint density at radius 3 is 2.71 bits per heavy atom. The first kappa shape index (κ1) is 19.7. The van der Waals surface area contributed by atoms with Crippen molar-refractivity contribution in [2.45, 2.75) is 26.7 Å². The summed E-state index contributed by atoms with van der Waals surface area (Å²) in [6, 6.07) is 15.6. The highest BCUT2D eigenvalue weighted by molar-refractivity contribution is 6.04.